The number of hydrogen-bond acceptors (Lipinski definition) is 4. The lowest BCUT2D eigenvalue weighted by molar-refractivity contribution is -0.132. The lowest BCUT2D eigenvalue weighted by Crippen LogP contribution is -2.29. The number of aryl methyl sites for hydroxylation is 2. The maximum absolute atomic E-state index is 12.0. The first kappa shape index (κ1) is 14.9. The van der Waals surface area contributed by atoms with Gasteiger partial charge < -0.3 is 20.1 Å². The lowest BCUT2D eigenvalue weighted by Gasteiger charge is -2.08. The summed E-state index contributed by atoms with van der Waals surface area (Å²) in [6.45, 7) is 4.07. The maximum Gasteiger partial charge on any atom is 0.314 e. The Morgan fingerprint density at radius 2 is 1.43 bits per heavy atom. The molecule has 0 unspecified atom stereocenters. The summed E-state index contributed by atoms with van der Waals surface area (Å²) in [5.41, 5.74) is 3.21. The highest BCUT2D eigenvalue weighted by Crippen LogP contribution is 2.34. The Morgan fingerprint density at radius 1 is 0.826 bits per heavy atom. The van der Waals surface area contributed by atoms with Gasteiger partial charge in [0.25, 0.3) is 0 Å². The molecule has 0 spiro atoms. The number of anilines is 2. The van der Waals surface area contributed by atoms with Crippen molar-refractivity contribution in [3.05, 3.63) is 47.5 Å². The molecule has 6 heteroatoms. The molecule has 2 amide bonds. The molecule has 0 aromatic heterocycles. The molecule has 0 fully saturated rings. The summed E-state index contributed by atoms with van der Waals surface area (Å²) in [7, 11) is 0. The van der Waals surface area contributed by atoms with Gasteiger partial charge in [-0.2, -0.15) is 0 Å². The van der Waals surface area contributed by atoms with Crippen LogP contribution < -0.4 is 20.1 Å². The van der Waals surface area contributed by atoms with Crippen molar-refractivity contribution < 1.29 is 19.1 Å². The molecule has 1 aliphatic rings. The monoisotopic (exact) mass is 312 g/mol. The van der Waals surface area contributed by atoms with Gasteiger partial charge in [-0.05, 0) is 49.2 Å². The Morgan fingerprint density at radius 3 is 2.13 bits per heavy atom. The number of nitrogens with one attached hydrogen (secondary N) is 2. The second-order valence-electron chi connectivity index (χ2n) is 5.28. The molecule has 6 nitrogen and oxygen atoms in total. The molecule has 2 N–H and O–H groups in total. The van der Waals surface area contributed by atoms with Crippen LogP contribution in [0, 0.1) is 13.8 Å². The van der Waals surface area contributed by atoms with Crippen LogP contribution in [-0.2, 0) is 9.59 Å². The molecule has 3 rings (SSSR count). The Labute approximate surface area is 133 Å². The van der Waals surface area contributed by atoms with Gasteiger partial charge in [0.15, 0.2) is 11.5 Å². The number of rotatable bonds is 2. The van der Waals surface area contributed by atoms with Crippen molar-refractivity contribution in [1.82, 2.24) is 0 Å². The van der Waals surface area contributed by atoms with E-state index in [-0.39, 0.29) is 6.79 Å². The summed E-state index contributed by atoms with van der Waals surface area (Å²) < 4.78 is 10.4. The van der Waals surface area contributed by atoms with Gasteiger partial charge in [-0.3, -0.25) is 9.59 Å². The highest BCUT2D eigenvalue weighted by Gasteiger charge is 2.17. The van der Waals surface area contributed by atoms with Crippen LogP contribution in [0.25, 0.3) is 0 Å². The molecular formula is C17H16N2O4. The van der Waals surface area contributed by atoms with Crippen LogP contribution >= 0.6 is 0 Å². The van der Waals surface area contributed by atoms with Crippen LogP contribution in [0.15, 0.2) is 36.4 Å². The smallest absolute Gasteiger partial charge is 0.314 e. The Hall–Kier alpha value is -3.02. The highest BCUT2D eigenvalue weighted by molar-refractivity contribution is 6.43. The third kappa shape index (κ3) is 3.26. The van der Waals surface area contributed by atoms with Crippen molar-refractivity contribution in [3.8, 4) is 11.5 Å². The zero-order valence-corrected chi connectivity index (χ0v) is 12.8. The molecule has 1 aliphatic heterocycles. The summed E-state index contributed by atoms with van der Waals surface area (Å²) in [6.07, 6.45) is 0. The molecule has 0 saturated heterocycles. The van der Waals surface area contributed by atoms with E-state index >= 15 is 0 Å². The standard InChI is InChI=1S/C17H16N2O4/c1-10-3-4-12(7-11(10)2)18-16(20)17(21)19-13-5-6-14-15(8-13)23-9-22-14/h3-8H,9H2,1-2H3,(H,18,20)(H,19,21). The molecular weight excluding hydrogens is 296 g/mol. The van der Waals surface area contributed by atoms with E-state index in [1.807, 2.05) is 26.0 Å². The van der Waals surface area contributed by atoms with E-state index in [4.69, 9.17) is 9.47 Å². The zero-order valence-electron chi connectivity index (χ0n) is 12.8. The third-order valence-corrected chi connectivity index (χ3v) is 3.60. The topological polar surface area (TPSA) is 76.7 Å². The number of benzene rings is 2. The number of carbonyl (C=O) groups is 2. The van der Waals surface area contributed by atoms with Crippen LogP contribution in [-0.4, -0.2) is 18.6 Å². The van der Waals surface area contributed by atoms with Gasteiger partial charge in [0.1, 0.15) is 0 Å². The third-order valence-electron chi connectivity index (χ3n) is 3.60. The molecule has 0 radical (unpaired) electrons. The number of ether oxygens (including phenoxy) is 2. The van der Waals surface area contributed by atoms with Crippen LogP contribution in [0.5, 0.6) is 11.5 Å². The van der Waals surface area contributed by atoms with Crippen LogP contribution in [0.1, 0.15) is 11.1 Å². The van der Waals surface area contributed by atoms with Crippen molar-refractivity contribution in [1.29, 1.82) is 0 Å². The van der Waals surface area contributed by atoms with Crippen molar-refractivity contribution in [3.63, 3.8) is 0 Å². The molecule has 0 bridgehead atoms. The van der Waals surface area contributed by atoms with E-state index < -0.39 is 11.8 Å². The number of carbonyl (C=O) groups excluding carboxylic acids is 2. The molecule has 0 atom stereocenters. The fourth-order valence-electron chi connectivity index (χ4n) is 2.17. The summed E-state index contributed by atoms with van der Waals surface area (Å²) in [4.78, 5) is 23.9. The van der Waals surface area contributed by atoms with Gasteiger partial charge in [0.05, 0.1) is 0 Å². The average Bonchev–Trinajstić information content (AvgIpc) is 2.98. The Balaban J connectivity index is 1.65. The molecule has 23 heavy (non-hydrogen) atoms. The second-order valence-corrected chi connectivity index (χ2v) is 5.28. The minimum Gasteiger partial charge on any atom is -0.454 e. The number of fused-ring (bicyclic) bond motifs is 1. The lowest BCUT2D eigenvalue weighted by atomic mass is 10.1. The first-order valence-corrected chi connectivity index (χ1v) is 7.12. The van der Waals surface area contributed by atoms with Crippen LogP contribution in [0.3, 0.4) is 0 Å². The van der Waals surface area contributed by atoms with Gasteiger partial charge in [-0.15, -0.1) is 0 Å². The van der Waals surface area contributed by atoms with Gasteiger partial charge >= 0.3 is 11.8 Å². The predicted molar refractivity (Wildman–Crippen MR) is 85.7 cm³/mol. The molecule has 0 saturated carbocycles. The van der Waals surface area contributed by atoms with Gasteiger partial charge in [-0.25, -0.2) is 0 Å². The highest BCUT2D eigenvalue weighted by atomic mass is 16.7. The molecule has 0 aliphatic carbocycles. The zero-order chi connectivity index (χ0) is 16.4. The fraction of sp³-hybridized carbons (Fsp3) is 0.176. The summed E-state index contributed by atoms with van der Waals surface area (Å²) in [6, 6.07) is 10.4. The first-order valence-electron chi connectivity index (χ1n) is 7.12. The quantitative estimate of drug-likeness (QED) is 0.836. The van der Waals surface area contributed by atoms with E-state index in [0.717, 1.165) is 11.1 Å². The maximum atomic E-state index is 12.0. The largest absolute Gasteiger partial charge is 0.454 e. The van der Waals surface area contributed by atoms with Crippen molar-refractivity contribution >= 4 is 23.2 Å². The van der Waals surface area contributed by atoms with Crippen LogP contribution in [0.4, 0.5) is 11.4 Å². The fourth-order valence-corrected chi connectivity index (χ4v) is 2.17. The Bertz CT molecular complexity index is 786. The van der Waals surface area contributed by atoms with Gasteiger partial charge in [-0.1, -0.05) is 6.07 Å². The molecule has 1 heterocycles. The first-order chi connectivity index (χ1) is 11.0. The number of hydrogen-bond donors (Lipinski definition) is 2. The van der Waals surface area contributed by atoms with Crippen molar-refractivity contribution in [2.75, 3.05) is 17.4 Å². The minimum absolute atomic E-state index is 0.153. The number of amides is 2. The normalized spacial score (nSPS) is 11.9. The average molecular weight is 312 g/mol. The molecule has 118 valence electrons. The van der Waals surface area contributed by atoms with Crippen LogP contribution in [0.2, 0.25) is 0 Å². The summed E-state index contributed by atoms with van der Waals surface area (Å²) in [5.74, 6) is -0.326. The predicted octanol–water partition coefficient (Wildman–Crippen LogP) is 2.61. The van der Waals surface area contributed by atoms with Crippen molar-refractivity contribution in [2.24, 2.45) is 0 Å². The van der Waals surface area contributed by atoms with E-state index in [1.54, 1.807) is 24.3 Å². The van der Waals surface area contributed by atoms with E-state index in [0.29, 0.717) is 22.9 Å². The van der Waals surface area contributed by atoms with E-state index in [1.165, 1.54) is 0 Å². The van der Waals surface area contributed by atoms with E-state index in [9.17, 15) is 9.59 Å². The SMILES string of the molecule is Cc1ccc(NC(=O)C(=O)Nc2ccc3c(c2)OCO3)cc1C. The second kappa shape index (κ2) is 6.00. The van der Waals surface area contributed by atoms with Crippen molar-refractivity contribution in [2.45, 2.75) is 13.8 Å². The Kier molecular flexibility index (Phi) is 3.89. The van der Waals surface area contributed by atoms with E-state index in [2.05, 4.69) is 10.6 Å². The minimum atomic E-state index is -0.748. The van der Waals surface area contributed by atoms with Gasteiger partial charge in [0.2, 0.25) is 6.79 Å². The summed E-state index contributed by atoms with van der Waals surface area (Å²) in [5, 5.41) is 5.11. The summed E-state index contributed by atoms with van der Waals surface area (Å²) >= 11 is 0. The molecule has 2 aromatic carbocycles. The van der Waals surface area contributed by atoms with Gasteiger partial charge in [0, 0.05) is 17.4 Å². The molecule has 2 aromatic rings.